The van der Waals surface area contributed by atoms with Gasteiger partial charge in [-0.1, -0.05) is 53.5 Å². The molecule has 5 heteroatoms. The van der Waals surface area contributed by atoms with E-state index >= 15 is 0 Å². The predicted molar refractivity (Wildman–Crippen MR) is 110 cm³/mol. The first-order chi connectivity index (χ1) is 13.0. The maximum Gasteiger partial charge on any atom is 0.253 e. The second-order valence-corrected chi connectivity index (χ2v) is 8.71. The lowest BCUT2D eigenvalue weighted by atomic mass is 9.66. The number of likely N-dealkylation sites (N-methyl/N-ethyl adjacent to an activating group) is 1. The number of nitrogens with zero attached hydrogens (tertiary/aromatic N) is 1. The summed E-state index contributed by atoms with van der Waals surface area (Å²) in [6, 6.07) is 15.2. The van der Waals surface area contributed by atoms with Crippen molar-refractivity contribution in [2.24, 2.45) is 5.92 Å². The van der Waals surface area contributed by atoms with Crippen LogP contribution in [-0.4, -0.2) is 29.9 Å². The second-order valence-electron chi connectivity index (χ2n) is 7.87. The van der Waals surface area contributed by atoms with Gasteiger partial charge in [-0.25, -0.2) is 0 Å². The fourth-order valence-corrected chi connectivity index (χ4v) is 5.37. The number of benzene rings is 2. The maximum atomic E-state index is 13.1. The Kier molecular flexibility index (Phi) is 5.19. The van der Waals surface area contributed by atoms with Crippen LogP contribution in [0.1, 0.15) is 47.6 Å². The molecule has 2 saturated heterocycles. The van der Waals surface area contributed by atoms with E-state index in [-0.39, 0.29) is 17.5 Å². The number of amides is 1. The van der Waals surface area contributed by atoms with Crippen molar-refractivity contribution in [2.75, 3.05) is 13.6 Å². The van der Waals surface area contributed by atoms with Crippen molar-refractivity contribution < 1.29 is 4.79 Å². The smallest absolute Gasteiger partial charge is 0.253 e. The summed E-state index contributed by atoms with van der Waals surface area (Å²) in [6.45, 7) is 1.10. The molecule has 5 rings (SSSR count). The topological polar surface area (TPSA) is 32.3 Å². The van der Waals surface area contributed by atoms with E-state index in [1.54, 1.807) is 18.2 Å². The standard InChI is InChI=1S/C22H24Cl2N2O/c1-26-14-15-9-11-22(26,12-10-15)20(16-5-3-2-4-6-16)25-21(27)18-8-7-17(23)13-19(18)24/h2-8,13,15,20H,9-12,14H2,1H3,(H,25,27). The molecule has 2 heterocycles. The molecule has 2 aliphatic heterocycles. The number of piperidine rings is 2. The van der Waals surface area contributed by atoms with Crippen LogP contribution in [0.4, 0.5) is 0 Å². The number of fused-ring (bicyclic) bond motifs is 3. The largest absolute Gasteiger partial charge is 0.343 e. The monoisotopic (exact) mass is 402 g/mol. The molecule has 0 spiro atoms. The van der Waals surface area contributed by atoms with E-state index in [0.717, 1.165) is 30.9 Å². The summed E-state index contributed by atoms with van der Waals surface area (Å²) < 4.78 is 0. The summed E-state index contributed by atoms with van der Waals surface area (Å²) in [5.41, 5.74) is 1.55. The lowest BCUT2D eigenvalue weighted by Crippen LogP contribution is -2.62. The van der Waals surface area contributed by atoms with Gasteiger partial charge in [0, 0.05) is 17.1 Å². The van der Waals surface area contributed by atoms with E-state index in [0.29, 0.717) is 15.6 Å². The van der Waals surface area contributed by atoms with Gasteiger partial charge in [-0.15, -0.1) is 0 Å². The van der Waals surface area contributed by atoms with Gasteiger partial charge in [-0.3, -0.25) is 9.69 Å². The minimum absolute atomic E-state index is 0.0509. The average Bonchev–Trinajstić information content (AvgIpc) is 2.67. The number of nitrogens with one attached hydrogen (secondary N) is 1. The van der Waals surface area contributed by atoms with Gasteiger partial charge in [0.15, 0.2) is 0 Å². The fourth-order valence-electron chi connectivity index (χ4n) is 4.88. The zero-order valence-electron chi connectivity index (χ0n) is 15.4. The molecular formula is C22H24Cl2N2O. The number of carbonyl (C=O) groups is 1. The maximum absolute atomic E-state index is 13.1. The Balaban J connectivity index is 1.70. The average molecular weight is 403 g/mol. The third-order valence-electron chi connectivity index (χ3n) is 6.38. The normalized spacial score (nSPS) is 26.0. The lowest BCUT2D eigenvalue weighted by Gasteiger charge is -2.57. The van der Waals surface area contributed by atoms with Crippen LogP contribution in [0.15, 0.2) is 48.5 Å². The highest BCUT2D eigenvalue weighted by Gasteiger charge is 2.50. The lowest BCUT2D eigenvalue weighted by molar-refractivity contribution is -0.0404. The Morgan fingerprint density at radius 2 is 1.85 bits per heavy atom. The zero-order chi connectivity index (χ0) is 19.0. The van der Waals surface area contributed by atoms with Crippen LogP contribution in [0.3, 0.4) is 0 Å². The number of rotatable bonds is 4. The third kappa shape index (κ3) is 3.49. The van der Waals surface area contributed by atoms with Gasteiger partial charge in [-0.2, -0.15) is 0 Å². The van der Waals surface area contributed by atoms with Gasteiger partial charge in [0.2, 0.25) is 0 Å². The van der Waals surface area contributed by atoms with Crippen molar-refractivity contribution in [3.63, 3.8) is 0 Å². The molecule has 3 aliphatic rings. The van der Waals surface area contributed by atoms with Crippen LogP contribution in [-0.2, 0) is 0 Å². The Labute approximate surface area is 170 Å². The molecule has 1 saturated carbocycles. The van der Waals surface area contributed by atoms with Crippen LogP contribution in [0.5, 0.6) is 0 Å². The fraction of sp³-hybridized carbons (Fsp3) is 0.409. The molecule has 3 fully saturated rings. The molecule has 1 amide bonds. The summed E-state index contributed by atoms with van der Waals surface area (Å²) in [5, 5.41) is 4.23. The Bertz CT molecular complexity index is 831. The van der Waals surface area contributed by atoms with Crippen LogP contribution >= 0.6 is 23.2 Å². The van der Waals surface area contributed by atoms with E-state index < -0.39 is 0 Å². The van der Waals surface area contributed by atoms with Gasteiger partial charge in [-0.05, 0) is 62.4 Å². The molecule has 0 aromatic heterocycles. The highest BCUT2D eigenvalue weighted by Crippen LogP contribution is 2.49. The Morgan fingerprint density at radius 3 is 2.48 bits per heavy atom. The van der Waals surface area contributed by atoms with Crippen molar-refractivity contribution >= 4 is 29.1 Å². The number of hydrogen-bond acceptors (Lipinski definition) is 2. The first kappa shape index (κ1) is 18.8. The van der Waals surface area contributed by atoms with Crippen LogP contribution in [0.2, 0.25) is 10.0 Å². The molecule has 2 bridgehead atoms. The van der Waals surface area contributed by atoms with E-state index in [1.807, 2.05) is 18.2 Å². The van der Waals surface area contributed by atoms with Crippen molar-refractivity contribution in [3.8, 4) is 0 Å². The summed E-state index contributed by atoms with van der Waals surface area (Å²) in [4.78, 5) is 15.6. The SMILES string of the molecule is CN1CC2CCC1(C(NC(=O)c1ccc(Cl)cc1Cl)c1ccccc1)CC2. The summed E-state index contributed by atoms with van der Waals surface area (Å²) in [7, 11) is 2.20. The first-order valence-electron chi connectivity index (χ1n) is 9.52. The molecule has 2 aromatic rings. The molecule has 1 aliphatic carbocycles. The van der Waals surface area contributed by atoms with Gasteiger partial charge >= 0.3 is 0 Å². The molecule has 1 atom stereocenters. The van der Waals surface area contributed by atoms with Gasteiger partial charge in [0.1, 0.15) is 0 Å². The number of halogens is 2. The zero-order valence-corrected chi connectivity index (χ0v) is 16.9. The number of hydrogen-bond donors (Lipinski definition) is 1. The van der Waals surface area contributed by atoms with Gasteiger partial charge in [0.25, 0.3) is 5.91 Å². The molecular weight excluding hydrogens is 379 g/mol. The number of carbonyl (C=O) groups excluding carboxylic acids is 1. The van der Waals surface area contributed by atoms with E-state index in [9.17, 15) is 4.79 Å². The summed E-state index contributed by atoms with van der Waals surface area (Å²) >= 11 is 12.3. The molecule has 27 heavy (non-hydrogen) atoms. The summed E-state index contributed by atoms with van der Waals surface area (Å²) in [6.07, 6.45) is 4.65. The van der Waals surface area contributed by atoms with E-state index in [1.165, 1.54) is 12.8 Å². The Morgan fingerprint density at radius 1 is 1.15 bits per heavy atom. The molecule has 0 radical (unpaired) electrons. The second kappa shape index (κ2) is 7.46. The quantitative estimate of drug-likeness (QED) is 0.748. The minimum Gasteiger partial charge on any atom is -0.343 e. The molecule has 1 unspecified atom stereocenters. The first-order valence-corrected chi connectivity index (χ1v) is 10.3. The third-order valence-corrected chi connectivity index (χ3v) is 6.93. The van der Waals surface area contributed by atoms with Crippen molar-refractivity contribution in [3.05, 3.63) is 69.7 Å². The molecule has 3 nitrogen and oxygen atoms in total. The van der Waals surface area contributed by atoms with Crippen molar-refractivity contribution in [1.29, 1.82) is 0 Å². The van der Waals surface area contributed by atoms with Crippen LogP contribution in [0, 0.1) is 5.92 Å². The minimum atomic E-state index is -0.152. The van der Waals surface area contributed by atoms with Crippen molar-refractivity contribution in [2.45, 2.75) is 37.3 Å². The molecule has 1 N–H and O–H groups in total. The van der Waals surface area contributed by atoms with Crippen molar-refractivity contribution in [1.82, 2.24) is 10.2 Å². The molecule has 2 aromatic carbocycles. The predicted octanol–water partition coefficient (Wildman–Crippen LogP) is 5.34. The summed E-state index contributed by atoms with van der Waals surface area (Å²) in [5.74, 6) is 0.635. The van der Waals surface area contributed by atoms with E-state index in [2.05, 4.69) is 29.4 Å². The molecule has 142 valence electrons. The van der Waals surface area contributed by atoms with E-state index in [4.69, 9.17) is 23.2 Å². The van der Waals surface area contributed by atoms with Crippen LogP contribution < -0.4 is 5.32 Å². The highest BCUT2D eigenvalue weighted by molar-refractivity contribution is 6.36. The highest BCUT2D eigenvalue weighted by atomic mass is 35.5. The van der Waals surface area contributed by atoms with Crippen LogP contribution in [0.25, 0.3) is 0 Å². The Hall–Kier alpha value is -1.55. The van der Waals surface area contributed by atoms with Gasteiger partial charge in [0.05, 0.1) is 16.6 Å². The van der Waals surface area contributed by atoms with Gasteiger partial charge < -0.3 is 5.32 Å².